The number of fused-ring (bicyclic) bond motifs is 1. The Bertz CT molecular complexity index is 538. The van der Waals surface area contributed by atoms with Crippen molar-refractivity contribution in [2.75, 3.05) is 6.61 Å². The molecular weight excluding hydrogens is 298 g/mol. The van der Waals surface area contributed by atoms with Gasteiger partial charge in [-0.3, -0.25) is 4.79 Å². The summed E-state index contributed by atoms with van der Waals surface area (Å²) in [5.74, 6) is 0.0615. The number of hydrogen-bond acceptors (Lipinski definition) is 4. The van der Waals surface area contributed by atoms with Gasteiger partial charge in [-0.15, -0.1) is 11.3 Å². The largest absolute Gasteiger partial charge is 0.451 e. The zero-order chi connectivity index (χ0) is 16.1. The molecule has 0 saturated heterocycles. The molecule has 1 aromatic heterocycles. The molecule has 5 heteroatoms. The molecule has 1 N–H and O–H groups in total. The van der Waals surface area contributed by atoms with Gasteiger partial charge in [-0.25, -0.2) is 4.79 Å². The van der Waals surface area contributed by atoms with E-state index in [9.17, 15) is 9.59 Å². The molecule has 1 aliphatic carbocycles. The van der Waals surface area contributed by atoms with Gasteiger partial charge in [0.05, 0.1) is 0 Å². The van der Waals surface area contributed by atoms with Gasteiger partial charge in [0.1, 0.15) is 4.88 Å². The highest BCUT2D eigenvalue weighted by molar-refractivity contribution is 7.14. The number of rotatable bonds is 6. The monoisotopic (exact) mass is 323 g/mol. The molecule has 2 rings (SSSR count). The summed E-state index contributed by atoms with van der Waals surface area (Å²) in [6.07, 6.45) is 5.20. The lowest BCUT2D eigenvalue weighted by Gasteiger charge is -2.16. The lowest BCUT2D eigenvalue weighted by molar-refractivity contribution is -0.124. The van der Waals surface area contributed by atoms with E-state index in [2.05, 4.69) is 19.2 Å². The van der Waals surface area contributed by atoms with E-state index < -0.39 is 0 Å². The molecule has 0 radical (unpaired) electrons. The third-order valence-electron chi connectivity index (χ3n) is 3.99. The van der Waals surface area contributed by atoms with E-state index >= 15 is 0 Å². The SMILES string of the molecule is CCC[C@H](C)NC(=O)COC(=O)c1cc2c(s1)CC[C@H](C)C2. The number of aryl methyl sites for hydroxylation is 1. The van der Waals surface area contributed by atoms with Crippen molar-refractivity contribution in [1.82, 2.24) is 5.32 Å². The number of ether oxygens (including phenoxy) is 1. The zero-order valence-electron chi connectivity index (χ0n) is 13.6. The number of amides is 1. The van der Waals surface area contributed by atoms with Crippen LogP contribution in [-0.2, 0) is 22.4 Å². The van der Waals surface area contributed by atoms with Crippen LogP contribution in [0.4, 0.5) is 0 Å². The van der Waals surface area contributed by atoms with Gasteiger partial charge in [-0.1, -0.05) is 20.3 Å². The maximum absolute atomic E-state index is 12.1. The highest BCUT2D eigenvalue weighted by atomic mass is 32.1. The summed E-state index contributed by atoms with van der Waals surface area (Å²) in [6.45, 7) is 6.06. The van der Waals surface area contributed by atoms with Gasteiger partial charge in [0, 0.05) is 10.9 Å². The van der Waals surface area contributed by atoms with Crippen molar-refractivity contribution in [1.29, 1.82) is 0 Å². The van der Waals surface area contributed by atoms with E-state index in [4.69, 9.17) is 4.74 Å². The highest BCUT2D eigenvalue weighted by Crippen LogP contribution is 2.32. The van der Waals surface area contributed by atoms with Crippen LogP contribution in [0, 0.1) is 5.92 Å². The molecular formula is C17H25NO3S. The Balaban J connectivity index is 1.84. The van der Waals surface area contributed by atoms with Crippen LogP contribution in [0.25, 0.3) is 0 Å². The molecule has 1 heterocycles. The average molecular weight is 323 g/mol. The van der Waals surface area contributed by atoms with Crippen LogP contribution in [-0.4, -0.2) is 24.5 Å². The van der Waals surface area contributed by atoms with Crippen molar-refractivity contribution in [3.05, 3.63) is 21.4 Å². The smallest absolute Gasteiger partial charge is 0.348 e. The molecule has 1 aliphatic rings. The van der Waals surface area contributed by atoms with Crippen molar-refractivity contribution in [3.63, 3.8) is 0 Å². The second-order valence-corrected chi connectivity index (χ2v) is 7.38. The Morgan fingerprint density at radius 1 is 1.50 bits per heavy atom. The normalized spacial score (nSPS) is 18.4. The Morgan fingerprint density at radius 2 is 2.27 bits per heavy atom. The lowest BCUT2D eigenvalue weighted by atomic mass is 9.90. The maximum atomic E-state index is 12.1. The first kappa shape index (κ1) is 17.0. The van der Waals surface area contributed by atoms with Crippen molar-refractivity contribution in [3.8, 4) is 0 Å². The number of esters is 1. The number of carbonyl (C=O) groups excluding carboxylic acids is 2. The Morgan fingerprint density at radius 3 is 3.00 bits per heavy atom. The van der Waals surface area contributed by atoms with Gasteiger partial charge in [-0.2, -0.15) is 0 Å². The van der Waals surface area contributed by atoms with Gasteiger partial charge >= 0.3 is 5.97 Å². The molecule has 0 aliphatic heterocycles. The summed E-state index contributed by atoms with van der Waals surface area (Å²) in [6, 6.07) is 2.06. The van der Waals surface area contributed by atoms with Crippen LogP contribution < -0.4 is 5.32 Å². The van der Waals surface area contributed by atoms with Crippen molar-refractivity contribution in [2.45, 2.75) is 58.9 Å². The van der Waals surface area contributed by atoms with Gasteiger partial charge in [0.25, 0.3) is 5.91 Å². The highest BCUT2D eigenvalue weighted by Gasteiger charge is 2.21. The second kappa shape index (κ2) is 7.77. The molecule has 0 bridgehead atoms. The number of hydrogen-bond donors (Lipinski definition) is 1. The van der Waals surface area contributed by atoms with Gasteiger partial charge in [0.15, 0.2) is 6.61 Å². The molecule has 0 saturated carbocycles. The summed E-state index contributed by atoms with van der Waals surface area (Å²) in [5, 5.41) is 2.83. The molecule has 0 aromatic carbocycles. The Hall–Kier alpha value is -1.36. The zero-order valence-corrected chi connectivity index (χ0v) is 14.4. The fourth-order valence-electron chi connectivity index (χ4n) is 2.83. The molecule has 122 valence electrons. The van der Waals surface area contributed by atoms with E-state index in [0.717, 1.165) is 25.7 Å². The molecule has 0 spiro atoms. The van der Waals surface area contributed by atoms with E-state index in [-0.39, 0.29) is 24.5 Å². The molecule has 0 unspecified atom stereocenters. The van der Waals surface area contributed by atoms with Gasteiger partial charge in [0.2, 0.25) is 0 Å². The second-order valence-electron chi connectivity index (χ2n) is 6.24. The Kier molecular flexibility index (Phi) is 6.00. The van der Waals surface area contributed by atoms with Crippen LogP contribution in [0.3, 0.4) is 0 Å². The fourth-order valence-corrected chi connectivity index (χ4v) is 3.93. The Labute approximate surface area is 136 Å². The summed E-state index contributed by atoms with van der Waals surface area (Å²) in [5.41, 5.74) is 1.27. The van der Waals surface area contributed by atoms with Crippen molar-refractivity contribution in [2.24, 2.45) is 5.92 Å². The van der Waals surface area contributed by atoms with Gasteiger partial charge in [-0.05, 0) is 50.2 Å². The van der Waals surface area contributed by atoms with Crippen molar-refractivity contribution >= 4 is 23.2 Å². The first-order chi connectivity index (χ1) is 10.5. The lowest BCUT2D eigenvalue weighted by Crippen LogP contribution is -2.35. The number of thiophene rings is 1. The minimum atomic E-state index is -0.384. The molecule has 0 fully saturated rings. The van der Waals surface area contributed by atoms with Crippen LogP contribution in [0.2, 0.25) is 0 Å². The summed E-state index contributed by atoms with van der Waals surface area (Å²) in [4.78, 5) is 25.7. The minimum Gasteiger partial charge on any atom is -0.451 e. The fraction of sp³-hybridized carbons (Fsp3) is 0.647. The van der Waals surface area contributed by atoms with Crippen LogP contribution >= 0.6 is 11.3 Å². The van der Waals surface area contributed by atoms with Gasteiger partial charge < -0.3 is 10.1 Å². The molecule has 4 nitrogen and oxygen atoms in total. The predicted molar refractivity (Wildman–Crippen MR) is 88.3 cm³/mol. The van der Waals surface area contributed by atoms with Crippen LogP contribution in [0.5, 0.6) is 0 Å². The average Bonchev–Trinajstić information content (AvgIpc) is 2.88. The van der Waals surface area contributed by atoms with E-state index in [1.807, 2.05) is 13.0 Å². The predicted octanol–water partition coefficient (Wildman–Crippen LogP) is 3.33. The van der Waals surface area contributed by atoms with E-state index in [1.165, 1.54) is 28.2 Å². The number of nitrogens with one attached hydrogen (secondary N) is 1. The minimum absolute atomic E-state index is 0.117. The molecule has 1 amide bonds. The first-order valence-electron chi connectivity index (χ1n) is 8.07. The summed E-state index contributed by atoms with van der Waals surface area (Å²) < 4.78 is 5.13. The number of carbonyl (C=O) groups is 2. The summed E-state index contributed by atoms with van der Waals surface area (Å²) >= 11 is 1.51. The third kappa shape index (κ3) is 4.57. The van der Waals surface area contributed by atoms with Crippen LogP contribution in [0.15, 0.2) is 6.07 Å². The standard InChI is InChI=1S/C17H25NO3S/c1-4-5-12(3)18-16(19)10-21-17(20)15-9-13-8-11(2)6-7-14(13)22-15/h9,11-12H,4-8,10H2,1-3H3,(H,18,19)/t11-,12-/m0/s1. The van der Waals surface area contributed by atoms with E-state index in [0.29, 0.717) is 10.8 Å². The topological polar surface area (TPSA) is 55.4 Å². The molecule has 2 atom stereocenters. The molecule has 22 heavy (non-hydrogen) atoms. The van der Waals surface area contributed by atoms with Crippen molar-refractivity contribution < 1.29 is 14.3 Å². The third-order valence-corrected chi connectivity index (χ3v) is 5.21. The summed E-state index contributed by atoms with van der Waals surface area (Å²) in [7, 11) is 0. The first-order valence-corrected chi connectivity index (χ1v) is 8.89. The quantitative estimate of drug-likeness (QED) is 0.817. The van der Waals surface area contributed by atoms with E-state index in [1.54, 1.807) is 0 Å². The maximum Gasteiger partial charge on any atom is 0.348 e. The van der Waals surface area contributed by atoms with Crippen LogP contribution in [0.1, 0.15) is 60.1 Å². The molecule has 1 aromatic rings.